The summed E-state index contributed by atoms with van der Waals surface area (Å²) < 4.78 is 4.50. The number of nitrogens with one attached hydrogen (secondary N) is 1. The summed E-state index contributed by atoms with van der Waals surface area (Å²) in [5.74, 6) is -1.27. The normalized spacial score (nSPS) is 11.9. The van der Waals surface area contributed by atoms with Crippen molar-refractivity contribution in [1.29, 1.82) is 0 Å². The van der Waals surface area contributed by atoms with Crippen LogP contribution in [0.15, 0.2) is 24.3 Å². The zero-order chi connectivity index (χ0) is 12.8. The Morgan fingerprint density at radius 3 is 2.47 bits per heavy atom. The Bertz CT molecular complexity index is 417. The highest BCUT2D eigenvalue weighted by Gasteiger charge is 2.17. The van der Waals surface area contributed by atoms with Gasteiger partial charge >= 0.3 is 5.97 Å². The molecule has 0 aliphatic carbocycles. The summed E-state index contributed by atoms with van der Waals surface area (Å²) in [5.41, 5.74) is 0.148. The van der Waals surface area contributed by atoms with Crippen LogP contribution in [0.4, 0.5) is 0 Å². The van der Waals surface area contributed by atoms with Gasteiger partial charge in [-0.2, -0.15) is 10.0 Å². The molecule has 0 aliphatic rings. The predicted octanol–water partition coefficient (Wildman–Crippen LogP) is -0.641. The molecule has 0 spiro atoms. The second kappa shape index (κ2) is 6.06. The van der Waals surface area contributed by atoms with Gasteiger partial charge in [-0.1, -0.05) is 23.6 Å². The fourth-order valence-corrected chi connectivity index (χ4v) is 1.22. The molecule has 0 aromatic heterocycles. The van der Waals surface area contributed by atoms with Crippen molar-refractivity contribution in [3.05, 3.63) is 40.6 Å². The lowest BCUT2D eigenvalue weighted by Gasteiger charge is -2.10. The molecule has 7 heteroatoms. The summed E-state index contributed by atoms with van der Waals surface area (Å²) in [5, 5.41) is 16.9. The quantitative estimate of drug-likeness (QED) is 0.404. The van der Waals surface area contributed by atoms with E-state index in [0.29, 0.717) is 0 Å². The minimum atomic E-state index is -1.55. The third-order valence-electron chi connectivity index (χ3n) is 1.96. The molecular formula is C10H11NO6. The van der Waals surface area contributed by atoms with Crippen LogP contribution in [-0.4, -0.2) is 30.7 Å². The average molecular weight is 241 g/mol. The van der Waals surface area contributed by atoms with Crippen LogP contribution in [-0.2, 0) is 9.57 Å². The van der Waals surface area contributed by atoms with E-state index < -0.39 is 23.7 Å². The van der Waals surface area contributed by atoms with Gasteiger partial charge in [0, 0.05) is 5.56 Å². The van der Waals surface area contributed by atoms with Crippen molar-refractivity contribution >= 4 is 11.8 Å². The van der Waals surface area contributed by atoms with Crippen molar-refractivity contribution < 1.29 is 29.8 Å². The van der Waals surface area contributed by atoms with Gasteiger partial charge in [0.1, 0.15) is 0 Å². The van der Waals surface area contributed by atoms with Crippen molar-refractivity contribution in [2.45, 2.75) is 0 Å². The smallest absolute Gasteiger partial charge is 0.338 e. The molecule has 0 aliphatic heterocycles. The summed E-state index contributed by atoms with van der Waals surface area (Å²) in [6, 6.07) is 5.95. The molecule has 17 heavy (non-hydrogen) atoms. The summed E-state index contributed by atoms with van der Waals surface area (Å²) in [7, 11) is 1.19. The zero-order valence-electron chi connectivity index (χ0n) is 9.00. The van der Waals surface area contributed by atoms with Gasteiger partial charge in [0.05, 0.1) is 12.7 Å². The monoisotopic (exact) mass is 241 g/mol. The Labute approximate surface area is 96.7 Å². The molecule has 1 unspecified atom stereocenters. The molecule has 0 heterocycles. The number of quaternary nitrogens is 1. The van der Waals surface area contributed by atoms with Gasteiger partial charge in [-0.25, -0.2) is 4.79 Å². The Hall–Kier alpha value is -1.80. The molecular weight excluding hydrogens is 230 g/mol. The molecule has 0 saturated heterocycles. The topological polar surface area (TPSA) is 100 Å². The zero-order valence-corrected chi connectivity index (χ0v) is 9.00. The summed E-state index contributed by atoms with van der Waals surface area (Å²) >= 11 is 0. The highest BCUT2D eigenvalue weighted by Crippen LogP contribution is 2.10. The largest absolute Gasteiger partial charge is 0.566 e. The van der Waals surface area contributed by atoms with Crippen molar-refractivity contribution in [3.63, 3.8) is 0 Å². The van der Waals surface area contributed by atoms with Gasteiger partial charge in [0.15, 0.2) is 12.4 Å². The molecule has 0 amide bonds. The lowest BCUT2D eigenvalue weighted by Crippen LogP contribution is -3.03. The number of ketones is 1. The Morgan fingerprint density at radius 2 is 1.94 bits per heavy atom. The van der Waals surface area contributed by atoms with Crippen molar-refractivity contribution in [2.24, 2.45) is 0 Å². The third kappa shape index (κ3) is 3.61. The Balaban J connectivity index is 2.89. The lowest BCUT2D eigenvalue weighted by molar-refractivity contribution is -1.20. The number of rotatable bonds is 5. The minimum Gasteiger partial charge on any atom is -0.566 e. The van der Waals surface area contributed by atoms with Gasteiger partial charge in [0.25, 0.3) is 0 Å². The molecule has 92 valence electrons. The molecule has 0 fully saturated rings. The van der Waals surface area contributed by atoms with Crippen molar-refractivity contribution in [3.8, 4) is 0 Å². The Kier molecular flexibility index (Phi) is 4.73. The number of carbonyl (C=O) groups is 2. The van der Waals surface area contributed by atoms with Crippen LogP contribution in [0.1, 0.15) is 20.7 Å². The van der Waals surface area contributed by atoms with Gasteiger partial charge < -0.3 is 9.94 Å². The number of hydrogen-bond donors (Lipinski definition) is 2. The first-order chi connectivity index (χ1) is 8.06. The van der Waals surface area contributed by atoms with Crippen LogP contribution in [0.3, 0.4) is 0 Å². The van der Waals surface area contributed by atoms with Gasteiger partial charge in [0.2, 0.25) is 0 Å². The first-order valence-electron chi connectivity index (χ1n) is 4.62. The number of ether oxygens (including phenoxy) is 1. The number of hydrogen-bond acceptors (Lipinski definition) is 6. The van der Waals surface area contributed by atoms with E-state index in [1.54, 1.807) is 12.1 Å². The van der Waals surface area contributed by atoms with E-state index >= 15 is 0 Å². The Morgan fingerprint density at radius 1 is 1.35 bits per heavy atom. The molecule has 0 bridgehead atoms. The van der Waals surface area contributed by atoms with Gasteiger partial charge in [-0.15, -0.1) is 0 Å². The number of benzene rings is 1. The fraction of sp³-hybridized carbons (Fsp3) is 0.200. The first kappa shape index (κ1) is 13.3. The average Bonchev–Trinajstić information content (AvgIpc) is 2.34. The molecule has 1 rings (SSSR count). The van der Waals surface area contributed by atoms with Crippen LogP contribution in [0, 0.1) is 5.21 Å². The van der Waals surface area contributed by atoms with Crippen LogP contribution >= 0.6 is 0 Å². The molecule has 2 N–H and O–H groups in total. The number of carbonyl (C=O) groups excluding carboxylic acids is 2. The van der Waals surface area contributed by atoms with Crippen molar-refractivity contribution in [2.75, 3.05) is 13.7 Å². The van der Waals surface area contributed by atoms with E-state index in [2.05, 4.69) is 9.57 Å². The minimum absolute atomic E-state index is 0.0700. The number of methoxy groups -OCH3 is 1. The second-order valence-corrected chi connectivity index (χ2v) is 3.01. The first-order valence-corrected chi connectivity index (χ1v) is 4.62. The van der Waals surface area contributed by atoms with Crippen LogP contribution in [0.25, 0.3) is 0 Å². The van der Waals surface area contributed by atoms with Crippen LogP contribution in [0.2, 0.25) is 0 Å². The fourth-order valence-electron chi connectivity index (χ4n) is 1.22. The molecule has 1 aromatic carbocycles. The highest BCUT2D eigenvalue weighted by molar-refractivity contribution is 6.06. The molecule has 1 atom stereocenters. The van der Waals surface area contributed by atoms with Crippen molar-refractivity contribution in [1.82, 2.24) is 0 Å². The summed E-state index contributed by atoms with van der Waals surface area (Å²) in [6.45, 7) is -0.636. The molecule has 0 saturated carbocycles. The number of esters is 1. The SMILES string of the molecule is COC(=O)c1ccccc1C(=O)CO[NH+]([O-])O. The summed E-state index contributed by atoms with van der Waals surface area (Å²) in [4.78, 5) is 27.1. The predicted molar refractivity (Wildman–Crippen MR) is 54.2 cm³/mol. The molecule has 1 aromatic rings. The maximum Gasteiger partial charge on any atom is 0.338 e. The molecule has 0 radical (unpaired) electrons. The summed E-state index contributed by atoms with van der Waals surface area (Å²) in [6.07, 6.45) is 0. The van der Waals surface area contributed by atoms with E-state index in [1.165, 1.54) is 19.2 Å². The third-order valence-corrected chi connectivity index (χ3v) is 1.96. The maximum atomic E-state index is 11.6. The maximum absolute atomic E-state index is 11.6. The number of Topliss-reactive ketones (excluding diaryl/α,β-unsaturated/α-hetero) is 1. The molecule has 7 nitrogen and oxygen atoms in total. The van der Waals surface area contributed by atoms with Crippen LogP contribution < -0.4 is 5.39 Å². The lowest BCUT2D eigenvalue weighted by atomic mass is 10.0. The van der Waals surface area contributed by atoms with E-state index in [0.717, 1.165) is 0 Å². The van der Waals surface area contributed by atoms with E-state index in [-0.39, 0.29) is 11.1 Å². The highest BCUT2D eigenvalue weighted by atomic mass is 17.1. The van der Waals surface area contributed by atoms with Gasteiger partial charge in [-0.3, -0.25) is 4.79 Å². The van der Waals surface area contributed by atoms with E-state index in [4.69, 9.17) is 5.21 Å². The second-order valence-electron chi connectivity index (χ2n) is 3.01. The van der Waals surface area contributed by atoms with E-state index in [9.17, 15) is 14.8 Å². The standard InChI is InChI=1S/C10H11NO6/c1-16-10(13)8-5-3-2-4-7(8)9(12)6-17-11(14)15/h2-5,11,14H,6H2,1H3. The van der Waals surface area contributed by atoms with Crippen LogP contribution in [0.5, 0.6) is 0 Å². The van der Waals surface area contributed by atoms with Gasteiger partial charge in [-0.05, 0) is 6.07 Å². The van der Waals surface area contributed by atoms with E-state index in [1.807, 2.05) is 0 Å².